The van der Waals surface area contributed by atoms with Crippen molar-refractivity contribution in [1.82, 2.24) is 14.5 Å². The minimum Gasteiger partial charge on any atom is -0.345 e. The molecule has 1 aromatic carbocycles. The quantitative estimate of drug-likeness (QED) is 0.869. The molecule has 4 heteroatoms. The summed E-state index contributed by atoms with van der Waals surface area (Å²) in [5, 5.41) is 0. The normalized spacial score (nSPS) is 17.1. The SMILES string of the molecule is Cc1ccccc1CC(=O)N(C)C[C@@H]1CCn2ccnc2C1. The van der Waals surface area contributed by atoms with Crippen LogP contribution < -0.4 is 0 Å². The van der Waals surface area contributed by atoms with Gasteiger partial charge in [-0.15, -0.1) is 0 Å². The van der Waals surface area contributed by atoms with Crippen LogP contribution >= 0.6 is 0 Å². The van der Waals surface area contributed by atoms with Crippen LogP contribution in [-0.4, -0.2) is 34.0 Å². The molecule has 0 fully saturated rings. The minimum absolute atomic E-state index is 0.197. The van der Waals surface area contributed by atoms with Crippen LogP contribution in [0.4, 0.5) is 0 Å². The monoisotopic (exact) mass is 297 g/mol. The van der Waals surface area contributed by atoms with Gasteiger partial charge in [0.15, 0.2) is 0 Å². The van der Waals surface area contributed by atoms with Crippen LogP contribution in [0.25, 0.3) is 0 Å². The molecule has 1 aliphatic rings. The number of hydrogen-bond acceptors (Lipinski definition) is 2. The van der Waals surface area contributed by atoms with Crippen LogP contribution in [0.15, 0.2) is 36.7 Å². The molecule has 0 radical (unpaired) electrons. The van der Waals surface area contributed by atoms with E-state index < -0.39 is 0 Å². The lowest BCUT2D eigenvalue weighted by atomic mass is 9.97. The maximum atomic E-state index is 12.4. The second-order valence-electron chi connectivity index (χ2n) is 6.27. The number of carbonyl (C=O) groups is 1. The Labute approximate surface area is 131 Å². The molecule has 1 aliphatic heterocycles. The van der Waals surface area contributed by atoms with E-state index in [1.165, 1.54) is 5.56 Å². The number of amides is 1. The highest BCUT2D eigenvalue weighted by Gasteiger charge is 2.22. The fourth-order valence-electron chi connectivity index (χ4n) is 3.17. The van der Waals surface area contributed by atoms with Crippen LogP contribution in [0.3, 0.4) is 0 Å². The largest absolute Gasteiger partial charge is 0.345 e. The number of carbonyl (C=O) groups excluding carboxylic acids is 1. The van der Waals surface area contributed by atoms with Gasteiger partial charge < -0.3 is 9.47 Å². The second-order valence-corrected chi connectivity index (χ2v) is 6.27. The van der Waals surface area contributed by atoms with Gasteiger partial charge in [0.1, 0.15) is 5.82 Å². The summed E-state index contributed by atoms with van der Waals surface area (Å²) in [7, 11) is 1.92. The second kappa shape index (κ2) is 6.34. The van der Waals surface area contributed by atoms with Crippen LogP contribution in [0.2, 0.25) is 0 Å². The smallest absolute Gasteiger partial charge is 0.226 e. The maximum Gasteiger partial charge on any atom is 0.226 e. The molecule has 2 aromatic rings. The van der Waals surface area contributed by atoms with Crippen LogP contribution in [0.5, 0.6) is 0 Å². The third-order valence-electron chi connectivity index (χ3n) is 4.61. The van der Waals surface area contributed by atoms with Crippen molar-refractivity contribution in [2.45, 2.75) is 32.7 Å². The third kappa shape index (κ3) is 3.21. The Balaban J connectivity index is 1.57. The predicted molar refractivity (Wildman–Crippen MR) is 86.6 cm³/mol. The summed E-state index contributed by atoms with van der Waals surface area (Å²) in [5.74, 6) is 1.86. The molecule has 0 N–H and O–H groups in total. The van der Waals surface area contributed by atoms with E-state index in [1.54, 1.807) is 0 Å². The molecule has 22 heavy (non-hydrogen) atoms. The fraction of sp³-hybridized carbons (Fsp3) is 0.444. The zero-order valence-electron chi connectivity index (χ0n) is 13.3. The van der Waals surface area contributed by atoms with Gasteiger partial charge in [-0.3, -0.25) is 4.79 Å². The Kier molecular flexibility index (Phi) is 4.27. The number of imidazole rings is 1. The van der Waals surface area contributed by atoms with Crippen molar-refractivity contribution < 1.29 is 4.79 Å². The van der Waals surface area contributed by atoms with Crippen molar-refractivity contribution in [1.29, 1.82) is 0 Å². The number of hydrogen-bond donors (Lipinski definition) is 0. The first kappa shape index (κ1) is 14.8. The number of aromatic nitrogens is 2. The summed E-state index contributed by atoms with van der Waals surface area (Å²) in [6.07, 6.45) is 6.48. The first-order valence-electron chi connectivity index (χ1n) is 7.92. The average Bonchev–Trinajstić information content (AvgIpc) is 2.97. The average molecular weight is 297 g/mol. The molecular formula is C18H23N3O. The van der Waals surface area contributed by atoms with E-state index in [4.69, 9.17) is 0 Å². The Hall–Kier alpha value is -2.10. The van der Waals surface area contributed by atoms with E-state index >= 15 is 0 Å². The fourth-order valence-corrected chi connectivity index (χ4v) is 3.17. The van der Waals surface area contributed by atoms with Crippen LogP contribution in [0, 0.1) is 12.8 Å². The molecule has 0 bridgehead atoms. The number of fused-ring (bicyclic) bond motifs is 1. The first-order chi connectivity index (χ1) is 10.6. The van der Waals surface area contributed by atoms with Crippen molar-refractivity contribution in [3.05, 3.63) is 53.6 Å². The number of nitrogens with zero attached hydrogens (tertiary/aromatic N) is 3. The molecule has 0 unspecified atom stereocenters. The molecule has 1 atom stereocenters. The number of benzene rings is 1. The van der Waals surface area contributed by atoms with Crippen molar-refractivity contribution in [2.24, 2.45) is 5.92 Å². The number of likely N-dealkylation sites (N-methyl/N-ethyl adjacent to an activating group) is 1. The maximum absolute atomic E-state index is 12.4. The summed E-state index contributed by atoms with van der Waals surface area (Å²) < 4.78 is 2.21. The molecule has 0 aliphatic carbocycles. The lowest BCUT2D eigenvalue weighted by Crippen LogP contribution is -2.35. The summed E-state index contributed by atoms with van der Waals surface area (Å²) >= 11 is 0. The third-order valence-corrected chi connectivity index (χ3v) is 4.61. The van der Waals surface area contributed by atoms with E-state index in [-0.39, 0.29) is 5.91 Å². The minimum atomic E-state index is 0.197. The zero-order valence-corrected chi connectivity index (χ0v) is 13.3. The Morgan fingerprint density at radius 3 is 3.05 bits per heavy atom. The van der Waals surface area contributed by atoms with Gasteiger partial charge >= 0.3 is 0 Å². The lowest BCUT2D eigenvalue weighted by molar-refractivity contribution is -0.129. The molecule has 0 spiro atoms. The summed E-state index contributed by atoms with van der Waals surface area (Å²) in [5.41, 5.74) is 2.31. The molecule has 4 nitrogen and oxygen atoms in total. The van der Waals surface area contributed by atoms with E-state index in [1.807, 2.05) is 42.5 Å². The van der Waals surface area contributed by atoms with E-state index in [0.717, 1.165) is 37.3 Å². The number of rotatable bonds is 4. The first-order valence-corrected chi connectivity index (χ1v) is 7.92. The van der Waals surface area contributed by atoms with Crippen LogP contribution in [0.1, 0.15) is 23.4 Å². The summed E-state index contributed by atoms with van der Waals surface area (Å²) in [6.45, 7) is 3.89. The molecule has 2 heterocycles. The standard InChI is InChI=1S/C18H23N3O/c1-14-5-3-4-6-16(14)12-18(22)20(2)13-15-7-9-21-10-8-19-17(21)11-15/h3-6,8,10,15H,7,9,11-13H2,1-2H3/t15-/m1/s1. The topological polar surface area (TPSA) is 38.1 Å². The van der Waals surface area contributed by atoms with Gasteiger partial charge in [-0.05, 0) is 30.4 Å². The summed E-state index contributed by atoms with van der Waals surface area (Å²) in [4.78, 5) is 18.7. The molecule has 1 aromatic heterocycles. The molecule has 116 valence electrons. The number of aryl methyl sites for hydroxylation is 2. The van der Waals surface area contributed by atoms with Gasteiger partial charge in [0, 0.05) is 39.0 Å². The van der Waals surface area contributed by atoms with Gasteiger partial charge in [-0.25, -0.2) is 4.98 Å². The molecular weight excluding hydrogens is 274 g/mol. The highest BCUT2D eigenvalue weighted by atomic mass is 16.2. The molecule has 3 rings (SSSR count). The van der Waals surface area contributed by atoms with Crippen LogP contribution in [-0.2, 0) is 24.2 Å². The predicted octanol–water partition coefficient (Wildman–Crippen LogP) is 2.46. The van der Waals surface area contributed by atoms with E-state index in [2.05, 4.69) is 22.5 Å². The Morgan fingerprint density at radius 2 is 2.23 bits per heavy atom. The highest BCUT2D eigenvalue weighted by Crippen LogP contribution is 2.20. The highest BCUT2D eigenvalue weighted by molar-refractivity contribution is 5.78. The van der Waals surface area contributed by atoms with E-state index in [9.17, 15) is 4.79 Å². The van der Waals surface area contributed by atoms with Gasteiger partial charge in [-0.2, -0.15) is 0 Å². The van der Waals surface area contributed by atoms with Crippen molar-refractivity contribution >= 4 is 5.91 Å². The van der Waals surface area contributed by atoms with E-state index in [0.29, 0.717) is 12.3 Å². The van der Waals surface area contributed by atoms with Crippen molar-refractivity contribution in [2.75, 3.05) is 13.6 Å². The Morgan fingerprint density at radius 1 is 1.41 bits per heavy atom. The van der Waals surface area contributed by atoms with Crippen molar-refractivity contribution in [3.63, 3.8) is 0 Å². The van der Waals surface area contributed by atoms with Gasteiger partial charge in [0.2, 0.25) is 5.91 Å². The molecule has 1 amide bonds. The van der Waals surface area contributed by atoms with Crippen molar-refractivity contribution in [3.8, 4) is 0 Å². The Bertz CT molecular complexity index is 662. The molecule has 0 saturated heterocycles. The zero-order chi connectivity index (χ0) is 15.5. The summed E-state index contributed by atoms with van der Waals surface area (Å²) in [6, 6.07) is 8.11. The van der Waals surface area contributed by atoms with Gasteiger partial charge in [-0.1, -0.05) is 24.3 Å². The lowest BCUT2D eigenvalue weighted by Gasteiger charge is -2.28. The van der Waals surface area contributed by atoms with Gasteiger partial charge in [0.25, 0.3) is 0 Å². The van der Waals surface area contributed by atoms with Gasteiger partial charge in [0.05, 0.1) is 6.42 Å². The molecule has 0 saturated carbocycles.